The first-order valence-corrected chi connectivity index (χ1v) is 6.39. The topological polar surface area (TPSA) is 62.3 Å². The molecule has 2 aromatic rings. The Morgan fingerprint density at radius 2 is 1.95 bits per heavy atom. The van der Waals surface area contributed by atoms with Crippen molar-refractivity contribution in [2.24, 2.45) is 5.73 Å². The number of anilines is 1. The van der Waals surface area contributed by atoms with E-state index in [4.69, 9.17) is 15.9 Å². The van der Waals surface area contributed by atoms with Gasteiger partial charge in [0.15, 0.2) is 0 Å². The molecular weight excluding hydrogens is 250 g/mol. The van der Waals surface area contributed by atoms with E-state index in [0.29, 0.717) is 0 Å². The Morgan fingerprint density at radius 1 is 1.20 bits per heavy atom. The second-order valence-electron chi connectivity index (χ2n) is 4.64. The van der Waals surface area contributed by atoms with E-state index in [0.717, 1.165) is 29.1 Å². The quantitative estimate of drug-likeness (QED) is 0.648. The highest BCUT2D eigenvalue weighted by Gasteiger charge is 2.08. The van der Waals surface area contributed by atoms with Crippen LogP contribution in [0.2, 0.25) is 0 Å². The molecule has 20 heavy (non-hydrogen) atoms. The highest BCUT2D eigenvalue weighted by Crippen LogP contribution is 2.27. The number of benzene rings is 2. The van der Waals surface area contributed by atoms with E-state index in [-0.39, 0.29) is 5.84 Å². The van der Waals surface area contributed by atoms with Gasteiger partial charge in [-0.2, -0.15) is 0 Å². The molecular formula is C16H19N3O. The largest absolute Gasteiger partial charge is 0.495 e. The molecule has 0 aromatic heterocycles. The Kier molecular flexibility index (Phi) is 4.25. The molecule has 0 fully saturated rings. The van der Waals surface area contributed by atoms with Gasteiger partial charge in [0.2, 0.25) is 0 Å². The maximum absolute atomic E-state index is 7.49. The van der Waals surface area contributed by atoms with E-state index in [9.17, 15) is 0 Å². The molecule has 104 valence electrons. The molecule has 0 unspecified atom stereocenters. The Labute approximate surface area is 119 Å². The summed E-state index contributed by atoms with van der Waals surface area (Å²) in [6, 6.07) is 15.6. The van der Waals surface area contributed by atoms with Crippen LogP contribution in [0.25, 0.3) is 0 Å². The van der Waals surface area contributed by atoms with Crippen molar-refractivity contribution in [2.45, 2.75) is 6.54 Å². The van der Waals surface area contributed by atoms with Crippen molar-refractivity contribution in [3.63, 3.8) is 0 Å². The lowest BCUT2D eigenvalue weighted by Crippen LogP contribution is -2.18. The summed E-state index contributed by atoms with van der Waals surface area (Å²) in [5, 5.41) is 7.49. The third-order valence-corrected chi connectivity index (χ3v) is 3.15. The molecule has 4 nitrogen and oxygen atoms in total. The van der Waals surface area contributed by atoms with Gasteiger partial charge >= 0.3 is 0 Å². The van der Waals surface area contributed by atoms with Gasteiger partial charge < -0.3 is 15.4 Å². The number of rotatable bonds is 5. The lowest BCUT2D eigenvalue weighted by Gasteiger charge is -2.22. The highest BCUT2D eigenvalue weighted by molar-refractivity contribution is 5.95. The van der Waals surface area contributed by atoms with Crippen molar-refractivity contribution in [2.75, 3.05) is 19.1 Å². The fourth-order valence-electron chi connectivity index (χ4n) is 2.14. The first kappa shape index (κ1) is 13.9. The summed E-state index contributed by atoms with van der Waals surface area (Å²) in [5.41, 5.74) is 8.40. The molecule has 0 bridgehead atoms. The lowest BCUT2D eigenvalue weighted by atomic mass is 10.1. The summed E-state index contributed by atoms with van der Waals surface area (Å²) >= 11 is 0. The van der Waals surface area contributed by atoms with E-state index in [1.54, 1.807) is 7.11 Å². The van der Waals surface area contributed by atoms with E-state index in [2.05, 4.69) is 4.90 Å². The van der Waals surface area contributed by atoms with Crippen LogP contribution in [0.5, 0.6) is 5.75 Å². The molecule has 2 aromatic carbocycles. The van der Waals surface area contributed by atoms with Crippen molar-refractivity contribution in [1.82, 2.24) is 0 Å². The number of nitrogen functional groups attached to an aromatic ring is 1. The lowest BCUT2D eigenvalue weighted by molar-refractivity contribution is 0.415. The van der Waals surface area contributed by atoms with Crippen LogP contribution in [-0.4, -0.2) is 20.0 Å². The van der Waals surface area contributed by atoms with Gasteiger partial charge in [0.25, 0.3) is 0 Å². The number of nitrogens with zero attached hydrogens (tertiary/aromatic N) is 1. The van der Waals surface area contributed by atoms with Crippen molar-refractivity contribution >= 4 is 11.5 Å². The van der Waals surface area contributed by atoms with Crippen LogP contribution in [0, 0.1) is 5.41 Å². The smallest absolute Gasteiger partial charge is 0.142 e. The molecule has 3 N–H and O–H groups in total. The number of ether oxygens (including phenoxy) is 1. The van der Waals surface area contributed by atoms with E-state index in [1.165, 1.54) is 0 Å². The molecule has 0 radical (unpaired) electrons. The Morgan fingerprint density at radius 3 is 2.65 bits per heavy atom. The molecule has 0 spiro atoms. The zero-order chi connectivity index (χ0) is 14.5. The molecule has 0 amide bonds. The number of hydrogen-bond donors (Lipinski definition) is 2. The van der Waals surface area contributed by atoms with Gasteiger partial charge in [-0.1, -0.05) is 30.3 Å². The number of hydrogen-bond acceptors (Lipinski definition) is 3. The zero-order valence-electron chi connectivity index (χ0n) is 11.8. The minimum absolute atomic E-state index is 0.0896. The molecule has 4 heteroatoms. The number of nitrogens with one attached hydrogen (secondary N) is 1. The van der Waals surface area contributed by atoms with Gasteiger partial charge in [-0.3, -0.25) is 5.41 Å². The van der Waals surface area contributed by atoms with Gasteiger partial charge in [-0.25, -0.2) is 0 Å². The van der Waals surface area contributed by atoms with Gasteiger partial charge in [0.05, 0.1) is 12.8 Å². The van der Waals surface area contributed by atoms with Crippen LogP contribution < -0.4 is 15.4 Å². The number of methoxy groups -OCH3 is 1. The average Bonchev–Trinajstić information content (AvgIpc) is 2.47. The maximum atomic E-state index is 7.49. The van der Waals surface area contributed by atoms with Crippen LogP contribution >= 0.6 is 0 Å². The number of para-hydroxylation sites is 2. The van der Waals surface area contributed by atoms with Gasteiger partial charge in [0.1, 0.15) is 11.6 Å². The summed E-state index contributed by atoms with van der Waals surface area (Å²) in [7, 11) is 3.68. The minimum atomic E-state index is 0.0896. The second kappa shape index (κ2) is 6.10. The standard InChI is InChI=1S/C16H19N3O/c1-19(14-8-3-4-9-15(14)20-2)11-12-6-5-7-13(10-12)16(17)18/h3-10H,11H2,1-2H3,(H3,17,18). The van der Waals surface area contributed by atoms with Crippen molar-refractivity contribution < 1.29 is 4.74 Å². The van der Waals surface area contributed by atoms with Crippen molar-refractivity contribution in [3.8, 4) is 5.75 Å². The van der Waals surface area contributed by atoms with Crippen LogP contribution in [0.1, 0.15) is 11.1 Å². The minimum Gasteiger partial charge on any atom is -0.495 e. The van der Waals surface area contributed by atoms with Gasteiger partial charge in [-0.05, 0) is 23.8 Å². The van der Waals surface area contributed by atoms with E-state index >= 15 is 0 Å². The number of amidine groups is 1. The molecule has 0 aliphatic carbocycles. The summed E-state index contributed by atoms with van der Waals surface area (Å²) in [4.78, 5) is 2.11. The molecule has 0 heterocycles. The zero-order valence-corrected chi connectivity index (χ0v) is 11.8. The van der Waals surface area contributed by atoms with Crippen molar-refractivity contribution in [3.05, 3.63) is 59.7 Å². The Hall–Kier alpha value is -2.49. The third kappa shape index (κ3) is 3.09. The third-order valence-electron chi connectivity index (χ3n) is 3.15. The summed E-state index contributed by atoms with van der Waals surface area (Å²) < 4.78 is 5.37. The summed E-state index contributed by atoms with van der Waals surface area (Å²) in [6.45, 7) is 0.724. The SMILES string of the molecule is COc1ccccc1N(C)Cc1cccc(C(=N)N)c1. The maximum Gasteiger partial charge on any atom is 0.142 e. The Balaban J connectivity index is 2.21. The van der Waals surface area contributed by atoms with Gasteiger partial charge in [0, 0.05) is 19.2 Å². The van der Waals surface area contributed by atoms with Gasteiger partial charge in [-0.15, -0.1) is 0 Å². The fraction of sp³-hybridized carbons (Fsp3) is 0.188. The monoisotopic (exact) mass is 269 g/mol. The normalized spacial score (nSPS) is 10.1. The second-order valence-corrected chi connectivity index (χ2v) is 4.64. The summed E-state index contributed by atoms with van der Waals surface area (Å²) in [5.74, 6) is 0.935. The predicted octanol–water partition coefficient (Wildman–Crippen LogP) is 2.62. The molecule has 0 saturated heterocycles. The predicted molar refractivity (Wildman–Crippen MR) is 82.6 cm³/mol. The van der Waals surface area contributed by atoms with Crippen LogP contribution in [0.3, 0.4) is 0 Å². The molecule has 0 atom stereocenters. The van der Waals surface area contributed by atoms with E-state index in [1.807, 2.05) is 55.6 Å². The van der Waals surface area contributed by atoms with Crippen LogP contribution in [0.4, 0.5) is 5.69 Å². The highest BCUT2D eigenvalue weighted by atomic mass is 16.5. The van der Waals surface area contributed by atoms with Crippen LogP contribution in [0.15, 0.2) is 48.5 Å². The molecule has 2 rings (SSSR count). The number of nitrogens with two attached hydrogens (primary N) is 1. The van der Waals surface area contributed by atoms with Crippen molar-refractivity contribution in [1.29, 1.82) is 5.41 Å². The molecule has 0 saturated carbocycles. The molecule has 0 aliphatic heterocycles. The molecule has 0 aliphatic rings. The average molecular weight is 269 g/mol. The fourth-order valence-corrected chi connectivity index (χ4v) is 2.14. The first-order valence-electron chi connectivity index (χ1n) is 6.39. The first-order chi connectivity index (χ1) is 9.61. The van der Waals surface area contributed by atoms with E-state index < -0.39 is 0 Å². The van der Waals surface area contributed by atoms with Crippen LogP contribution in [-0.2, 0) is 6.54 Å². The summed E-state index contributed by atoms with van der Waals surface area (Å²) in [6.07, 6.45) is 0. The Bertz CT molecular complexity index is 610.